The molecule has 2 aromatic rings. The number of aryl methyl sites for hydroxylation is 1. The minimum Gasteiger partial charge on any atom is -0.339 e. The van der Waals surface area contributed by atoms with Crippen LogP contribution in [0.5, 0.6) is 0 Å². The first-order valence-corrected chi connectivity index (χ1v) is 9.51. The Balaban J connectivity index is 0.00000261. The molecule has 3 rings (SSSR count). The molecule has 1 aliphatic rings. The summed E-state index contributed by atoms with van der Waals surface area (Å²) in [5.74, 6) is 1.69. The summed E-state index contributed by atoms with van der Waals surface area (Å²) in [6.45, 7) is 5.66. The average molecular weight is 393 g/mol. The van der Waals surface area contributed by atoms with Gasteiger partial charge in [-0.25, -0.2) is 0 Å². The summed E-state index contributed by atoms with van der Waals surface area (Å²) in [6.07, 6.45) is 4.04. The van der Waals surface area contributed by atoms with Crippen molar-refractivity contribution in [3.63, 3.8) is 0 Å². The molecular formula is C20H29ClN4O2. The van der Waals surface area contributed by atoms with Crippen molar-refractivity contribution in [1.29, 1.82) is 0 Å². The lowest BCUT2D eigenvalue weighted by Gasteiger charge is -2.35. The number of carbonyl (C=O) groups excluding carboxylic acids is 1. The summed E-state index contributed by atoms with van der Waals surface area (Å²) in [7, 11) is 0. The van der Waals surface area contributed by atoms with Crippen LogP contribution in [-0.2, 0) is 11.2 Å². The van der Waals surface area contributed by atoms with E-state index in [0.717, 1.165) is 31.4 Å². The number of aromatic nitrogens is 2. The molecule has 1 aliphatic heterocycles. The summed E-state index contributed by atoms with van der Waals surface area (Å²) in [4.78, 5) is 18.9. The number of benzene rings is 1. The summed E-state index contributed by atoms with van der Waals surface area (Å²) in [5, 5.41) is 4.05. The Bertz CT molecular complexity index is 730. The number of carbonyl (C=O) groups is 1. The van der Waals surface area contributed by atoms with E-state index >= 15 is 0 Å². The molecular weight excluding hydrogens is 364 g/mol. The highest BCUT2D eigenvalue weighted by Crippen LogP contribution is 2.21. The van der Waals surface area contributed by atoms with E-state index in [-0.39, 0.29) is 24.4 Å². The second-order valence-electron chi connectivity index (χ2n) is 7.26. The number of rotatable bonds is 6. The van der Waals surface area contributed by atoms with E-state index in [9.17, 15) is 4.79 Å². The Hall–Kier alpha value is -1.92. The van der Waals surface area contributed by atoms with Crippen LogP contribution in [0.3, 0.4) is 0 Å². The number of piperidine rings is 1. The zero-order valence-corrected chi connectivity index (χ0v) is 16.9. The number of hydrogen-bond acceptors (Lipinski definition) is 5. The monoisotopic (exact) mass is 392 g/mol. The molecule has 1 aromatic carbocycles. The van der Waals surface area contributed by atoms with Crippen LogP contribution < -0.4 is 5.73 Å². The number of nitrogens with zero attached hydrogens (tertiary/aromatic N) is 3. The zero-order valence-electron chi connectivity index (χ0n) is 16.1. The smallest absolute Gasteiger partial charge is 0.227 e. The molecule has 148 valence electrons. The van der Waals surface area contributed by atoms with Crippen LogP contribution in [0.4, 0.5) is 0 Å². The molecule has 7 heteroatoms. The van der Waals surface area contributed by atoms with Crippen molar-refractivity contribution in [2.75, 3.05) is 13.1 Å². The van der Waals surface area contributed by atoms with E-state index in [1.54, 1.807) is 0 Å². The number of halogens is 1. The Kier molecular flexibility index (Phi) is 7.80. The number of hydrogen-bond donors (Lipinski definition) is 1. The fourth-order valence-electron chi connectivity index (χ4n) is 3.42. The number of nitrogens with two attached hydrogens (primary N) is 1. The van der Waals surface area contributed by atoms with Crippen LogP contribution in [0.2, 0.25) is 0 Å². The van der Waals surface area contributed by atoms with E-state index in [1.165, 1.54) is 5.56 Å². The van der Waals surface area contributed by atoms with Crippen molar-refractivity contribution in [3.8, 4) is 11.4 Å². The Morgan fingerprint density at radius 3 is 2.70 bits per heavy atom. The average Bonchev–Trinajstić information content (AvgIpc) is 3.15. The summed E-state index contributed by atoms with van der Waals surface area (Å²) in [5.41, 5.74) is 8.00. The van der Waals surface area contributed by atoms with Crippen molar-refractivity contribution in [2.24, 2.45) is 5.73 Å². The quantitative estimate of drug-likeness (QED) is 0.812. The van der Waals surface area contributed by atoms with Crippen molar-refractivity contribution in [2.45, 2.75) is 57.9 Å². The lowest BCUT2D eigenvalue weighted by molar-refractivity contribution is -0.134. The third-order valence-corrected chi connectivity index (χ3v) is 5.08. The third kappa shape index (κ3) is 5.30. The SMILES string of the molecule is CC(C)c1ccc(-c2noc(CCC(=O)N3CCCCC3CN)n2)cc1.Cl. The minimum atomic E-state index is 0. The van der Waals surface area contributed by atoms with Crippen LogP contribution >= 0.6 is 12.4 Å². The van der Waals surface area contributed by atoms with Gasteiger partial charge in [0.15, 0.2) is 0 Å². The van der Waals surface area contributed by atoms with Gasteiger partial charge in [-0.3, -0.25) is 4.79 Å². The molecule has 2 heterocycles. The second kappa shape index (κ2) is 9.85. The fourth-order valence-corrected chi connectivity index (χ4v) is 3.42. The second-order valence-corrected chi connectivity index (χ2v) is 7.26. The minimum absolute atomic E-state index is 0. The maximum atomic E-state index is 12.5. The van der Waals surface area contributed by atoms with E-state index in [2.05, 4.69) is 36.1 Å². The predicted molar refractivity (Wildman–Crippen MR) is 108 cm³/mol. The molecule has 1 fully saturated rings. The highest BCUT2D eigenvalue weighted by Gasteiger charge is 2.25. The molecule has 0 radical (unpaired) electrons. The molecule has 27 heavy (non-hydrogen) atoms. The van der Waals surface area contributed by atoms with Gasteiger partial charge in [0.2, 0.25) is 17.6 Å². The molecule has 1 atom stereocenters. The molecule has 1 aromatic heterocycles. The van der Waals surface area contributed by atoms with Gasteiger partial charge in [0.1, 0.15) is 0 Å². The van der Waals surface area contributed by atoms with Gasteiger partial charge in [0.05, 0.1) is 0 Å². The molecule has 0 saturated carbocycles. The Morgan fingerprint density at radius 1 is 1.30 bits per heavy atom. The van der Waals surface area contributed by atoms with Crippen molar-refractivity contribution in [3.05, 3.63) is 35.7 Å². The highest BCUT2D eigenvalue weighted by molar-refractivity contribution is 5.85. The van der Waals surface area contributed by atoms with Gasteiger partial charge in [-0.2, -0.15) is 4.98 Å². The fraction of sp³-hybridized carbons (Fsp3) is 0.550. The van der Waals surface area contributed by atoms with Gasteiger partial charge in [-0.05, 0) is 30.7 Å². The van der Waals surface area contributed by atoms with E-state index in [4.69, 9.17) is 10.3 Å². The van der Waals surface area contributed by atoms with Gasteiger partial charge >= 0.3 is 0 Å². The Morgan fingerprint density at radius 2 is 2.04 bits per heavy atom. The van der Waals surface area contributed by atoms with Crippen molar-refractivity contribution < 1.29 is 9.32 Å². The van der Waals surface area contributed by atoms with Crippen LogP contribution in [0, 0.1) is 0 Å². The van der Waals surface area contributed by atoms with Gasteiger partial charge in [0, 0.05) is 37.5 Å². The lowest BCUT2D eigenvalue weighted by Crippen LogP contribution is -2.47. The first-order chi connectivity index (χ1) is 12.6. The molecule has 1 saturated heterocycles. The van der Waals surface area contributed by atoms with Gasteiger partial charge in [-0.1, -0.05) is 43.3 Å². The van der Waals surface area contributed by atoms with Gasteiger partial charge in [-0.15, -0.1) is 12.4 Å². The van der Waals surface area contributed by atoms with Crippen molar-refractivity contribution >= 4 is 18.3 Å². The van der Waals surface area contributed by atoms with Crippen molar-refractivity contribution in [1.82, 2.24) is 15.0 Å². The summed E-state index contributed by atoms with van der Waals surface area (Å²) < 4.78 is 5.33. The largest absolute Gasteiger partial charge is 0.339 e. The Labute approximate surface area is 166 Å². The standard InChI is InChI=1S/C20H28N4O2.ClH/c1-14(2)15-6-8-16(9-7-15)20-22-18(26-23-20)10-11-19(25)24-12-4-3-5-17(24)13-21;/h6-9,14,17H,3-5,10-13,21H2,1-2H3;1H. The molecule has 1 unspecified atom stereocenters. The molecule has 1 amide bonds. The van der Waals surface area contributed by atoms with Crippen LogP contribution in [0.15, 0.2) is 28.8 Å². The molecule has 0 bridgehead atoms. The number of likely N-dealkylation sites (tertiary alicyclic amines) is 1. The van der Waals surface area contributed by atoms with Crippen LogP contribution in [0.25, 0.3) is 11.4 Å². The maximum absolute atomic E-state index is 12.5. The maximum Gasteiger partial charge on any atom is 0.227 e. The van der Waals surface area contributed by atoms with Crippen LogP contribution in [0.1, 0.15) is 56.9 Å². The predicted octanol–water partition coefficient (Wildman–Crippen LogP) is 3.55. The molecule has 0 aliphatic carbocycles. The van der Waals surface area contributed by atoms with Gasteiger partial charge < -0.3 is 15.2 Å². The van der Waals surface area contributed by atoms with E-state index in [1.807, 2.05) is 17.0 Å². The topological polar surface area (TPSA) is 85.2 Å². The first kappa shape index (κ1) is 21.4. The highest BCUT2D eigenvalue weighted by atomic mass is 35.5. The summed E-state index contributed by atoms with van der Waals surface area (Å²) >= 11 is 0. The normalized spacial score (nSPS) is 17.0. The third-order valence-electron chi connectivity index (χ3n) is 5.08. The van der Waals surface area contributed by atoms with Crippen LogP contribution in [-0.4, -0.2) is 40.1 Å². The van der Waals surface area contributed by atoms with E-state index in [0.29, 0.717) is 37.0 Å². The molecule has 6 nitrogen and oxygen atoms in total. The molecule has 0 spiro atoms. The number of amides is 1. The molecule has 2 N–H and O–H groups in total. The van der Waals surface area contributed by atoms with E-state index < -0.39 is 0 Å². The first-order valence-electron chi connectivity index (χ1n) is 9.51. The summed E-state index contributed by atoms with van der Waals surface area (Å²) in [6, 6.07) is 8.36. The lowest BCUT2D eigenvalue weighted by atomic mass is 10.0. The zero-order chi connectivity index (χ0) is 18.5. The van der Waals surface area contributed by atoms with Gasteiger partial charge in [0.25, 0.3) is 0 Å².